The van der Waals surface area contributed by atoms with Gasteiger partial charge in [0.2, 0.25) is 0 Å². The van der Waals surface area contributed by atoms with Crippen LogP contribution in [-0.2, 0) is 9.53 Å². The van der Waals surface area contributed by atoms with Gasteiger partial charge in [-0.15, -0.1) is 0 Å². The Labute approximate surface area is 97.4 Å². The Morgan fingerprint density at radius 1 is 1.40 bits per heavy atom. The van der Waals surface area contributed by atoms with Gasteiger partial charge in [-0.05, 0) is 17.7 Å². The molecule has 0 fully saturated rings. The van der Waals surface area contributed by atoms with Crippen molar-refractivity contribution < 1.29 is 9.53 Å². The third kappa shape index (κ3) is 4.61. The molecule has 1 aromatic carbocycles. The lowest BCUT2D eigenvalue weighted by Gasteiger charge is -1.92. The standard InChI is InChI=1S/C12H11BrO2/c1-15-12(14)8-3-2-5-10-6-4-7-11(13)9-10/h2-9H,1H3/b5-2+,8-3-. The minimum Gasteiger partial charge on any atom is -0.466 e. The summed E-state index contributed by atoms with van der Waals surface area (Å²) in [7, 11) is 1.35. The van der Waals surface area contributed by atoms with E-state index >= 15 is 0 Å². The third-order valence-corrected chi connectivity index (χ3v) is 2.18. The van der Waals surface area contributed by atoms with Gasteiger partial charge in [-0.1, -0.05) is 46.3 Å². The number of ether oxygens (including phenoxy) is 1. The number of carbonyl (C=O) groups is 1. The quantitative estimate of drug-likeness (QED) is 0.477. The van der Waals surface area contributed by atoms with Gasteiger partial charge in [0.05, 0.1) is 7.11 Å². The highest BCUT2D eigenvalue weighted by molar-refractivity contribution is 9.10. The van der Waals surface area contributed by atoms with E-state index in [1.165, 1.54) is 13.2 Å². The van der Waals surface area contributed by atoms with E-state index in [1.807, 2.05) is 30.3 Å². The molecule has 0 spiro atoms. The second kappa shape index (κ2) is 6.19. The Morgan fingerprint density at radius 2 is 2.20 bits per heavy atom. The molecule has 0 bridgehead atoms. The molecule has 0 amide bonds. The average molecular weight is 267 g/mol. The van der Waals surface area contributed by atoms with Gasteiger partial charge in [0.15, 0.2) is 0 Å². The van der Waals surface area contributed by atoms with Gasteiger partial charge < -0.3 is 4.74 Å². The normalized spacial score (nSPS) is 11.1. The molecule has 3 heteroatoms. The SMILES string of the molecule is COC(=O)/C=C\C=C\c1cccc(Br)c1. The predicted molar refractivity (Wildman–Crippen MR) is 64.3 cm³/mol. The van der Waals surface area contributed by atoms with Gasteiger partial charge in [0, 0.05) is 10.5 Å². The van der Waals surface area contributed by atoms with Gasteiger partial charge in [-0.3, -0.25) is 0 Å². The first-order chi connectivity index (χ1) is 7.22. The predicted octanol–water partition coefficient (Wildman–Crippen LogP) is 3.19. The summed E-state index contributed by atoms with van der Waals surface area (Å²) in [5, 5.41) is 0. The van der Waals surface area contributed by atoms with Crippen LogP contribution in [0.5, 0.6) is 0 Å². The smallest absolute Gasteiger partial charge is 0.330 e. The molecule has 0 atom stereocenters. The fourth-order valence-corrected chi connectivity index (χ4v) is 1.40. The summed E-state index contributed by atoms with van der Waals surface area (Å²) < 4.78 is 5.48. The molecule has 0 saturated heterocycles. The highest BCUT2D eigenvalue weighted by atomic mass is 79.9. The first kappa shape index (κ1) is 11.7. The molecule has 0 aliphatic carbocycles. The van der Waals surface area contributed by atoms with Crippen LogP contribution in [0.1, 0.15) is 5.56 Å². The van der Waals surface area contributed by atoms with E-state index in [9.17, 15) is 4.79 Å². The van der Waals surface area contributed by atoms with Crippen LogP contribution < -0.4 is 0 Å². The van der Waals surface area contributed by atoms with Crippen molar-refractivity contribution in [1.29, 1.82) is 0 Å². The number of carbonyl (C=O) groups excluding carboxylic acids is 1. The maximum absolute atomic E-state index is 10.7. The first-order valence-electron chi connectivity index (χ1n) is 4.40. The van der Waals surface area contributed by atoms with Gasteiger partial charge >= 0.3 is 5.97 Å². The summed E-state index contributed by atoms with van der Waals surface area (Å²) in [6, 6.07) is 7.88. The van der Waals surface area contributed by atoms with Crippen LogP contribution in [0.15, 0.2) is 47.0 Å². The van der Waals surface area contributed by atoms with Crippen molar-refractivity contribution in [2.45, 2.75) is 0 Å². The largest absolute Gasteiger partial charge is 0.466 e. The van der Waals surface area contributed by atoms with Crippen LogP contribution in [0.2, 0.25) is 0 Å². The molecule has 0 aromatic heterocycles. The number of allylic oxidation sites excluding steroid dienone is 2. The number of rotatable bonds is 3. The molecule has 0 N–H and O–H groups in total. The lowest BCUT2D eigenvalue weighted by Crippen LogP contribution is -1.92. The first-order valence-corrected chi connectivity index (χ1v) is 5.20. The van der Waals surface area contributed by atoms with Crippen LogP contribution in [0.25, 0.3) is 6.08 Å². The zero-order valence-electron chi connectivity index (χ0n) is 8.31. The molecule has 0 heterocycles. The summed E-state index contributed by atoms with van der Waals surface area (Å²) in [4.78, 5) is 10.7. The van der Waals surface area contributed by atoms with Crippen molar-refractivity contribution in [3.8, 4) is 0 Å². The summed E-state index contributed by atoms with van der Waals surface area (Å²) in [6.45, 7) is 0. The van der Waals surface area contributed by atoms with E-state index in [4.69, 9.17) is 0 Å². The molecule has 0 aliphatic heterocycles. The maximum atomic E-state index is 10.7. The molecule has 2 nitrogen and oxygen atoms in total. The topological polar surface area (TPSA) is 26.3 Å². The molecule has 0 radical (unpaired) electrons. The van der Waals surface area contributed by atoms with Crippen molar-refractivity contribution in [3.63, 3.8) is 0 Å². The molecule has 0 unspecified atom stereocenters. The number of hydrogen-bond donors (Lipinski definition) is 0. The fourth-order valence-electron chi connectivity index (χ4n) is 0.979. The van der Waals surface area contributed by atoms with Crippen molar-refractivity contribution in [3.05, 3.63) is 52.5 Å². The van der Waals surface area contributed by atoms with E-state index < -0.39 is 0 Å². The molecular formula is C12H11BrO2. The average Bonchev–Trinajstić information content (AvgIpc) is 2.24. The Morgan fingerprint density at radius 3 is 2.87 bits per heavy atom. The van der Waals surface area contributed by atoms with Gasteiger partial charge in [-0.2, -0.15) is 0 Å². The van der Waals surface area contributed by atoms with Crippen LogP contribution in [0.3, 0.4) is 0 Å². The van der Waals surface area contributed by atoms with Crippen molar-refractivity contribution in [2.75, 3.05) is 7.11 Å². The monoisotopic (exact) mass is 266 g/mol. The highest BCUT2D eigenvalue weighted by Gasteiger charge is 1.88. The van der Waals surface area contributed by atoms with E-state index in [0.717, 1.165) is 10.0 Å². The van der Waals surface area contributed by atoms with Crippen LogP contribution in [0, 0.1) is 0 Å². The lowest BCUT2D eigenvalue weighted by atomic mass is 10.2. The summed E-state index contributed by atoms with van der Waals surface area (Å²) in [5.74, 6) is -0.353. The second-order valence-corrected chi connectivity index (χ2v) is 3.71. The Bertz CT molecular complexity index is 394. The van der Waals surface area contributed by atoms with Gasteiger partial charge in [-0.25, -0.2) is 4.79 Å². The van der Waals surface area contributed by atoms with E-state index in [0.29, 0.717) is 0 Å². The lowest BCUT2D eigenvalue weighted by molar-refractivity contribution is -0.134. The van der Waals surface area contributed by atoms with Crippen LogP contribution >= 0.6 is 15.9 Å². The highest BCUT2D eigenvalue weighted by Crippen LogP contribution is 2.12. The molecule has 0 aliphatic rings. The van der Waals surface area contributed by atoms with Crippen molar-refractivity contribution in [1.82, 2.24) is 0 Å². The Kier molecular flexibility index (Phi) is 4.84. The number of hydrogen-bond acceptors (Lipinski definition) is 2. The summed E-state index contributed by atoms with van der Waals surface area (Å²) in [6.07, 6.45) is 6.71. The van der Waals surface area contributed by atoms with Crippen molar-refractivity contribution in [2.24, 2.45) is 0 Å². The zero-order valence-corrected chi connectivity index (χ0v) is 9.90. The van der Waals surface area contributed by atoms with E-state index in [2.05, 4.69) is 20.7 Å². The van der Waals surface area contributed by atoms with Gasteiger partial charge in [0.1, 0.15) is 0 Å². The summed E-state index contributed by atoms with van der Waals surface area (Å²) >= 11 is 3.38. The van der Waals surface area contributed by atoms with E-state index in [1.54, 1.807) is 12.2 Å². The third-order valence-electron chi connectivity index (χ3n) is 1.68. The molecule has 1 aromatic rings. The Hall–Kier alpha value is -1.35. The van der Waals surface area contributed by atoms with Crippen LogP contribution in [0.4, 0.5) is 0 Å². The van der Waals surface area contributed by atoms with Crippen molar-refractivity contribution >= 4 is 28.0 Å². The number of benzene rings is 1. The minimum absolute atomic E-state index is 0.353. The van der Waals surface area contributed by atoms with Crippen LogP contribution in [-0.4, -0.2) is 13.1 Å². The molecule has 0 saturated carbocycles. The fraction of sp³-hybridized carbons (Fsp3) is 0.0833. The molecule has 78 valence electrons. The molecule has 1 rings (SSSR count). The summed E-state index contributed by atoms with van der Waals surface area (Å²) in [5.41, 5.74) is 1.07. The zero-order chi connectivity index (χ0) is 11.1. The minimum atomic E-state index is -0.353. The number of esters is 1. The molecular weight excluding hydrogens is 256 g/mol. The van der Waals surface area contributed by atoms with Gasteiger partial charge in [0.25, 0.3) is 0 Å². The second-order valence-electron chi connectivity index (χ2n) is 2.80. The number of methoxy groups -OCH3 is 1. The maximum Gasteiger partial charge on any atom is 0.330 e. The Balaban J connectivity index is 2.59. The number of halogens is 1. The molecule has 15 heavy (non-hydrogen) atoms. The van der Waals surface area contributed by atoms with E-state index in [-0.39, 0.29) is 5.97 Å².